The highest BCUT2D eigenvalue weighted by molar-refractivity contribution is 7.89. The van der Waals surface area contributed by atoms with E-state index in [1.807, 2.05) is 25.1 Å². The highest BCUT2D eigenvalue weighted by Crippen LogP contribution is 2.29. The van der Waals surface area contributed by atoms with E-state index in [-0.39, 0.29) is 33.5 Å². The van der Waals surface area contributed by atoms with Crippen molar-refractivity contribution in [2.24, 2.45) is 0 Å². The van der Waals surface area contributed by atoms with Crippen LogP contribution in [0.25, 0.3) is 0 Å². The fourth-order valence-corrected chi connectivity index (χ4v) is 6.09. The summed E-state index contributed by atoms with van der Waals surface area (Å²) in [4.78, 5) is 15.7. The molecule has 1 amide bonds. The maximum Gasteiger partial charge on any atom is 0.253 e. The number of hydrogen-bond donors (Lipinski definition) is 1. The zero-order valence-electron chi connectivity index (χ0n) is 18.9. The highest BCUT2D eigenvalue weighted by atomic mass is 35.5. The number of sulfonamides is 1. The van der Waals surface area contributed by atoms with E-state index >= 15 is 0 Å². The molecule has 2 aromatic carbocycles. The van der Waals surface area contributed by atoms with Gasteiger partial charge >= 0.3 is 0 Å². The average Bonchev–Trinajstić information content (AvgIpc) is 3.29. The number of rotatable bonds is 9. The Bertz CT molecular complexity index is 1020. The van der Waals surface area contributed by atoms with Gasteiger partial charge in [0.15, 0.2) is 0 Å². The molecule has 2 atom stereocenters. The van der Waals surface area contributed by atoms with Gasteiger partial charge in [-0.1, -0.05) is 55.8 Å². The van der Waals surface area contributed by atoms with Gasteiger partial charge in [0.05, 0.1) is 21.5 Å². The van der Waals surface area contributed by atoms with Gasteiger partial charge in [-0.3, -0.25) is 9.69 Å². The third-order valence-electron chi connectivity index (χ3n) is 6.03. The number of halogens is 1. The minimum atomic E-state index is -3.69. The molecule has 174 valence electrons. The first kappa shape index (κ1) is 24.7. The molecular formula is C24H32ClN3O3S. The Labute approximate surface area is 196 Å². The van der Waals surface area contributed by atoms with E-state index in [0.717, 1.165) is 31.5 Å². The number of likely N-dealkylation sites (tertiary alicyclic amines) is 1. The Balaban J connectivity index is 1.87. The Morgan fingerprint density at radius 1 is 1.09 bits per heavy atom. The number of benzene rings is 2. The summed E-state index contributed by atoms with van der Waals surface area (Å²) < 4.78 is 27.2. The van der Waals surface area contributed by atoms with E-state index in [1.165, 1.54) is 22.5 Å². The lowest BCUT2D eigenvalue weighted by atomic mass is 9.98. The predicted octanol–water partition coefficient (Wildman–Crippen LogP) is 4.33. The maximum absolute atomic E-state index is 13.2. The summed E-state index contributed by atoms with van der Waals surface area (Å²) in [5, 5.41) is 3.30. The van der Waals surface area contributed by atoms with Gasteiger partial charge < -0.3 is 5.32 Å². The number of carbonyl (C=O) groups is 1. The third kappa shape index (κ3) is 5.34. The fraction of sp³-hybridized carbons (Fsp3) is 0.458. The van der Waals surface area contributed by atoms with Crippen molar-refractivity contribution in [3.63, 3.8) is 0 Å². The molecule has 8 heteroatoms. The molecule has 0 aliphatic carbocycles. The van der Waals surface area contributed by atoms with Crippen LogP contribution in [0.15, 0.2) is 53.4 Å². The normalized spacial score (nSPS) is 16.8. The topological polar surface area (TPSA) is 69.7 Å². The molecule has 1 aliphatic heterocycles. The maximum atomic E-state index is 13.2. The Morgan fingerprint density at radius 3 is 2.31 bits per heavy atom. The molecule has 0 aromatic heterocycles. The first-order valence-electron chi connectivity index (χ1n) is 11.2. The first-order valence-corrected chi connectivity index (χ1v) is 13.0. The second-order valence-electron chi connectivity index (χ2n) is 8.09. The van der Waals surface area contributed by atoms with E-state index in [0.29, 0.717) is 13.1 Å². The molecule has 0 spiro atoms. The van der Waals surface area contributed by atoms with Gasteiger partial charge in [-0.05, 0) is 56.6 Å². The number of amides is 1. The van der Waals surface area contributed by atoms with Gasteiger partial charge in [-0.15, -0.1) is 0 Å². The summed E-state index contributed by atoms with van der Waals surface area (Å²) in [6, 6.07) is 14.3. The van der Waals surface area contributed by atoms with Crippen LogP contribution in [-0.2, 0) is 10.0 Å². The van der Waals surface area contributed by atoms with Crippen molar-refractivity contribution < 1.29 is 13.2 Å². The molecule has 32 heavy (non-hydrogen) atoms. The van der Waals surface area contributed by atoms with Crippen LogP contribution in [0.5, 0.6) is 0 Å². The zero-order valence-corrected chi connectivity index (χ0v) is 20.5. The molecule has 0 bridgehead atoms. The Kier molecular flexibility index (Phi) is 8.33. The van der Waals surface area contributed by atoms with E-state index in [2.05, 4.69) is 22.3 Å². The smallest absolute Gasteiger partial charge is 0.253 e. The van der Waals surface area contributed by atoms with Crippen LogP contribution in [0.3, 0.4) is 0 Å². The van der Waals surface area contributed by atoms with Crippen LogP contribution in [0.4, 0.5) is 0 Å². The van der Waals surface area contributed by atoms with Crippen LogP contribution in [-0.4, -0.2) is 55.8 Å². The lowest BCUT2D eigenvalue weighted by molar-refractivity contribution is 0.0906. The summed E-state index contributed by atoms with van der Waals surface area (Å²) in [6.07, 6.45) is 2.28. The van der Waals surface area contributed by atoms with Crippen LogP contribution < -0.4 is 5.32 Å². The predicted molar refractivity (Wildman–Crippen MR) is 128 cm³/mol. The summed E-state index contributed by atoms with van der Waals surface area (Å²) in [7, 11) is -3.69. The summed E-state index contributed by atoms with van der Waals surface area (Å²) in [6.45, 7) is 8.24. The highest BCUT2D eigenvalue weighted by Gasteiger charge is 2.30. The van der Waals surface area contributed by atoms with Crippen molar-refractivity contribution in [2.45, 2.75) is 50.6 Å². The van der Waals surface area contributed by atoms with Crippen LogP contribution in [0.1, 0.15) is 55.6 Å². The van der Waals surface area contributed by atoms with Crippen molar-refractivity contribution in [1.82, 2.24) is 14.5 Å². The van der Waals surface area contributed by atoms with Gasteiger partial charge in [0.1, 0.15) is 0 Å². The molecule has 0 radical (unpaired) electrons. The summed E-state index contributed by atoms with van der Waals surface area (Å²) in [5.41, 5.74) is 1.31. The van der Waals surface area contributed by atoms with Crippen molar-refractivity contribution in [3.05, 3.63) is 64.7 Å². The number of hydrogen-bond acceptors (Lipinski definition) is 4. The van der Waals surface area contributed by atoms with Crippen molar-refractivity contribution in [1.29, 1.82) is 0 Å². The lowest BCUT2D eigenvalue weighted by Gasteiger charge is -2.33. The van der Waals surface area contributed by atoms with Gasteiger partial charge in [0, 0.05) is 19.1 Å². The van der Waals surface area contributed by atoms with Crippen molar-refractivity contribution in [2.75, 3.05) is 26.2 Å². The van der Waals surface area contributed by atoms with Gasteiger partial charge in [-0.2, -0.15) is 4.31 Å². The minimum Gasteiger partial charge on any atom is -0.348 e. The SMILES string of the molecule is CCN(CC)S(=O)(=O)c1ccc(Cl)c(C(=O)N[C@@H](C)[C@H](c2ccccc2)N2CCCC2)c1. The van der Waals surface area contributed by atoms with Gasteiger partial charge in [-0.25, -0.2) is 8.42 Å². The van der Waals surface area contributed by atoms with Gasteiger partial charge in [0.25, 0.3) is 5.91 Å². The zero-order chi connectivity index (χ0) is 23.3. The molecule has 0 saturated carbocycles. The molecule has 1 N–H and O–H groups in total. The van der Waals surface area contributed by atoms with Crippen LogP contribution in [0, 0.1) is 0 Å². The Morgan fingerprint density at radius 2 is 1.72 bits per heavy atom. The monoisotopic (exact) mass is 477 g/mol. The van der Waals surface area contributed by atoms with Crippen LogP contribution >= 0.6 is 11.6 Å². The molecule has 1 fully saturated rings. The second kappa shape index (κ2) is 10.8. The quantitative estimate of drug-likeness (QED) is 0.583. The summed E-state index contributed by atoms with van der Waals surface area (Å²) in [5.74, 6) is -0.376. The van der Waals surface area contributed by atoms with Crippen molar-refractivity contribution >= 4 is 27.5 Å². The number of nitrogens with one attached hydrogen (secondary N) is 1. The first-order chi connectivity index (χ1) is 15.3. The van der Waals surface area contributed by atoms with E-state index in [1.54, 1.807) is 13.8 Å². The number of nitrogens with zero attached hydrogens (tertiary/aromatic N) is 2. The largest absolute Gasteiger partial charge is 0.348 e. The Hall–Kier alpha value is -1.93. The number of carbonyl (C=O) groups excluding carboxylic acids is 1. The molecule has 1 heterocycles. The molecule has 1 saturated heterocycles. The molecule has 3 rings (SSSR count). The van der Waals surface area contributed by atoms with E-state index < -0.39 is 10.0 Å². The van der Waals surface area contributed by atoms with E-state index in [9.17, 15) is 13.2 Å². The standard InChI is InChI=1S/C24H32ClN3O3S/c1-4-28(5-2)32(30,31)20-13-14-22(25)21(17-20)24(29)26-18(3)23(27-15-9-10-16-27)19-11-7-6-8-12-19/h6-8,11-14,17-18,23H,4-5,9-10,15-16H2,1-3H3,(H,26,29)/t18-,23+/m0/s1. The fourth-order valence-electron chi connectivity index (χ4n) is 4.40. The molecule has 2 aromatic rings. The summed E-state index contributed by atoms with van der Waals surface area (Å²) >= 11 is 6.32. The third-order valence-corrected chi connectivity index (χ3v) is 8.41. The molecular weight excluding hydrogens is 446 g/mol. The lowest BCUT2D eigenvalue weighted by Crippen LogP contribution is -2.44. The van der Waals surface area contributed by atoms with E-state index in [4.69, 9.17) is 11.6 Å². The minimum absolute atomic E-state index is 0.0315. The van der Waals surface area contributed by atoms with Gasteiger partial charge in [0.2, 0.25) is 10.0 Å². The molecule has 0 unspecified atom stereocenters. The molecule has 1 aliphatic rings. The van der Waals surface area contributed by atoms with Crippen LogP contribution in [0.2, 0.25) is 5.02 Å². The average molecular weight is 478 g/mol. The molecule has 6 nitrogen and oxygen atoms in total. The van der Waals surface area contributed by atoms with Crippen molar-refractivity contribution in [3.8, 4) is 0 Å². The second-order valence-corrected chi connectivity index (χ2v) is 10.4.